The third-order valence-electron chi connectivity index (χ3n) is 3.96. The molecule has 1 aromatic heterocycles. The molecule has 2 aromatic rings. The van der Waals surface area contributed by atoms with E-state index < -0.39 is 0 Å². The molecule has 3 rings (SSSR count). The van der Waals surface area contributed by atoms with Crippen LogP contribution in [-0.2, 0) is 0 Å². The fraction of sp³-hybridized carbons (Fsp3) is 0.375. The van der Waals surface area contributed by atoms with Gasteiger partial charge < -0.3 is 10.0 Å². The number of aliphatic hydroxyl groups is 1. The Balaban J connectivity index is 1.99. The van der Waals surface area contributed by atoms with Crippen LogP contribution in [0.2, 0.25) is 0 Å². The number of rotatable bonds is 2. The number of hydrogen-bond acceptors (Lipinski definition) is 3. The van der Waals surface area contributed by atoms with Crippen molar-refractivity contribution in [1.29, 1.82) is 0 Å². The molecule has 0 radical (unpaired) electrons. The molecule has 1 atom stereocenters. The summed E-state index contributed by atoms with van der Waals surface area (Å²) in [6.07, 6.45) is 4.66. The predicted octanol–water partition coefficient (Wildman–Crippen LogP) is 2.22. The Morgan fingerprint density at radius 3 is 3.00 bits per heavy atom. The van der Waals surface area contributed by atoms with Crippen LogP contribution >= 0.6 is 0 Å². The summed E-state index contributed by atoms with van der Waals surface area (Å²) in [5, 5.41) is 10.4. The van der Waals surface area contributed by atoms with Gasteiger partial charge in [-0.1, -0.05) is 18.2 Å². The molecule has 1 unspecified atom stereocenters. The summed E-state index contributed by atoms with van der Waals surface area (Å²) in [7, 11) is 0. The minimum atomic E-state index is -0.0600. The molecular weight excluding hydrogens is 252 g/mol. The van der Waals surface area contributed by atoms with Gasteiger partial charge in [-0.15, -0.1) is 0 Å². The lowest BCUT2D eigenvalue weighted by molar-refractivity contribution is 0.0505. The average molecular weight is 270 g/mol. The van der Waals surface area contributed by atoms with Gasteiger partial charge >= 0.3 is 0 Å². The van der Waals surface area contributed by atoms with Crippen molar-refractivity contribution in [3.63, 3.8) is 0 Å². The molecule has 1 N–H and O–H groups in total. The van der Waals surface area contributed by atoms with Gasteiger partial charge in [-0.3, -0.25) is 9.78 Å². The fourth-order valence-corrected chi connectivity index (χ4v) is 2.89. The molecule has 1 aromatic carbocycles. The maximum atomic E-state index is 12.8. The van der Waals surface area contributed by atoms with Crippen molar-refractivity contribution in [1.82, 2.24) is 9.88 Å². The van der Waals surface area contributed by atoms with E-state index in [-0.39, 0.29) is 18.6 Å². The Kier molecular flexibility index (Phi) is 3.65. The zero-order chi connectivity index (χ0) is 13.9. The van der Waals surface area contributed by atoms with Gasteiger partial charge in [0, 0.05) is 18.1 Å². The van der Waals surface area contributed by atoms with Crippen molar-refractivity contribution in [3.8, 4) is 0 Å². The van der Waals surface area contributed by atoms with E-state index in [0.29, 0.717) is 12.1 Å². The monoisotopic (exact) mass is 270 g/mol. The van der Waals surface area contributed by atoms with Crippen LogP contribution < -0.4 is 0 Å². The minimum Gasteiger partial charge on any atom is -0.394 e. The van der Waals surface area contributed by atoms with E-state index in [0.717, 1.165) is 30.2 Å². The van der Waals surface area contributed by atoms with Crippen molar-refractivity contribution in [2.75, 3.05) is 13.2 Å². The molecule has 1 fully saturated rings. The predicted molar refractivity (Wildman–Crippen MR) is 77.5 cm³/mol. The zero-order valence-corrected chi connectivity index (χ0v) is 11.3. The van der Waals surface area contributed by atoms with E-state index in [1.165, 1.54) is 0 Å². The van der Waals surface area contributed by atoms with Gasteiger partial charge in [-0.25, -0.2) is 0 Å². The van der Waals surface area contributed by atoms with E-state index in [1.54, 1.807) is 11.1 Å². The van der Waals surface area contributed by atoms with E-state index >= 15 is 0 Å². The van der Waals surface area contributed by atoms with E-state index in [9.17, 15) is 9.90 Å². The smallest absolute Gasteiger partial charge is 0.256 e. The first-order valence-corrected chi connectivity index (χ1v) is 7.07. The third kappa shape index (κ3) is 2.27. The lowest BCUT2D eigenvalue weighted by Gasteiger charge is -2.34. The number of aliphatic hydroxyl groups excluding tert-OH is 1. The molecule has 0 bridgehead atoms. The topological polar surface area (TPSA) is 53.4 Å². The van der Waals surface area contributed by atoms with Gasteiger partial charge in [0.15, 0.2) is 0 Å². The SMILES string of the molecule is O=C(c1cccc2cccnc12)N1CCCCC1CO. The van der Waals surface area contributed by atoms with Crippen molar-refractivity contribution in [3.05, 3.63) is 42.1 Å². The van der Waals surface area contributed by atoms with Crippen LogP contribution in [0.1, 0.15) is 29.6 Å². The van der Waals surface area contributed by atoms with Gasteiger partial charge in [0.25, 0.3) is 5.91 Å². The van der Waals surface area contributed by atoms with Crippen molar-refractivity contribution < 1.29 is 9.90 Å². The molecule has 0 aliphatic carbocycles. The first-order valence-electron chi connectivity index (χ1n) is 7.07. The number of benzene rings is 1. The molecule has 1 amide bonds. The number of nitrogens with zero attached hydrogens (tertiary/aromatic N) is 2. The van der Waals surface area contributed by atoms with Crippen molar-refractivity contribution in [2.24, 2.45) is 0 Å². The Hall–Kier alpha value is -1.94. The average Bonchev–Trinajstić information content (AvgIpc) is 2.53. The largest absolute Gasteiger partial charge is 0.394 e. The van der Waals surface area contributed by atoms with Gasteiger partial charge in [0.05, 0.1) is 23.7 Å². The highest BCUT2D eigenvalue weighted by molar-refractivity contribution is 6.05. The molecule has 4 heteroatoms. The summed E-state index contributed by atoms with van der Waals surface area (Å²) in [5.74, 6) is -0.0203. The Labute approximate surface area is 118 Å². The van der Waals surface area contributed by atoms with Crippen LogP contribution in [0.3, 0.4) is 0 Å². The molecule has 0 saturated carbocycles. The van der Waals surface area contributed by atoms with Gasteiger partial charge in [0.1, 0.15) is 0 Å². The molecule has 2 heterocycles. The molecule has 20 heavy (non-hydrogen) atoms. The van der Waals surface area contributed by atoms with Gasteiger partial charge in [-0.2, -0.15) is 0 Å². The quantitative estimate of drug-likeness (QED) is 0.910. The van der Waals surface area contributed by atoms with E-state index in [2.05, 4.69) is 4.98 Å². The number of aromatic nitrogens is 1. The molecule has 1 saturated heterocycles. The van der Waals surface area contributed by atoms with Crippen LogP contribution in [0.15, 0.2) is 36.5 Å². The number of para-hydroxylation sites is 1. The lowest BCUT2D eigenvalue weighted by Crippen LogP contribution is -2.45. The van der Waals surface area contributed by atoms with Crippen LogP contribution in [0.4, 0.5) is 0 Å². The lowest BCUT2D eigenvalue weighted by atomic mass is 10.0. The Bertz CT molecular complexity index is 621. The maximum Gasteiger partial charge on any atom is 0.256 e. The molecular formula is C16H18N2O2. The standard InChI is InChI=1S/C16H18N2O2/c19-11-13-7-1-2-10-18(13)16(20)14-8-3-5-12-6-4-9-17-15(12)14/h3-6,8-9,13,19H,1-2,7,10-11H2. The summed E-state index contributed by atoms with van der Waals surface area (Å²) in [6.45, 7) is 0.747. The Morgan fingerprint density at radius 1 is 1.30 bits per heavy atom. The van der Waals surface area contributed by atoms with Crippen molar-refractivity contribution in [2.45, 2.75) is 25.3 Å². The summed E-state index contributed by atoms with van der Waals surface area (Å²) < 4.78 is 0. The number of amides is 1. The molecule has 0 spiro atoms. The highest BCUT2D eigenvalue weighted by atomic mass is 16.3. The first-order chi connectivity index (χ1) is 9.81. The number of fused-ring (bicyclic) bond motifs is 1. The number of pyridine rings is 1. The van der Waals surface area contributed by atoms with Crippen LogP contribution in [0, 0.1) is 0 Å². The normalized spacial score (nSPS) is 19.2. The maximum absolute atomic E-state index is 12.8. The fourth-order valence-electron chi connectivity index (χ4n) is 2.89. The molecule has 1 aliphatic heterocycles. The summed E-state index contributed by atoms with van der Waals surface area (Å²) in [5.41, 5.74) is 1.37. The first kappa shape index (κ1) is 13.1. The number of carbonyl (C=O) groups is 1. The molecule has 104 valence electrons. The number of hydrogen-bond donors (Lipinski definition) is 1. The molecule has 1 aliphatic rings. The Morgan fingerprint density at radius 2 is 2.15 bits per heavy atom. The highest BCUT2D eigenvalue weighted by Crippen LogP contribution is 2.23. The summed E-state index contributed by atoms with van der Waals surface area (Å²) in [6, 6.07) is 9.43. The zero-order valence-electron chi connectivity index (χ0n) is 11.3. The summed E-state index contributed by atoms with van der Waals surface area (Å²) >= 11 is 0. The van der Waals surface area contributed by atoms with E-state index in [4.69, 9.17) is 0 Å². The second-order valence-electron chi connectivity index (χ2n) is 5.21. The number of carbonyl (C=O) groups excluding carboxylic acids is 1. The van der Waals surface area contributed by atoms with Gasteiger partial charge in [-0.05, 0) is 31.4 Å². The second-order valence-corrected chi connectivity index (χ2v) is 5.21. The third-order valence-corrected chi connectivity index (χ3v) is 3.96. The number of piperidine rings is 1. The summed E-state index contributed by atoms with van der Waals surface area (Å²) in [4.78, 5) is 18.9. The van der Waals surface area contributed by atoms with Crippen molar-refractivity contribution >= 4 is 16.8 Å². The highest BCUT2D eigenvalue weighted by Gasteiger charge is 2.27. The number of likely N-dealkylation sites (tertiary alicyclic amines) is 1. The van der Waals surface area contributed by atoms with Crippen LogP contribution in [0.25, 0.3) is 10.9 Å². The van der Waals surface area contributed by atoms with Gasteiger partial charge in [0.2, 0.25) is 0 Å². The van der Waals surface area contributed by atoms with Crippen LogP contribution in [-0.4, -0.2) is 40.1 Å². The minimum absolute atomic E-state index is 0.0203. The second kappa shape index (κ2) is 5.59. The van der Waals surface area contributed by atoms with Crippen LogP contribution in [0.5, 0.6) is 0 Å². The van der Waals surface area contributed by atoms with E-state index in [1.807, 2.05) is 30.3 Å². The molecule has 4 nitrogen and oxygen atoms in total.